The van der Waals surface area contributed by atoms with Gasteiger partial charge in [0, 0.05) is 0 Å². The van der Waals surface area contributed by atoms with Gasteiger partial charge in [-0.05, 0) is 42.4 Å². The standard InChI is InChI=1S/C15H26O3Si/c1-15(2,3)19(5,6)18-12-11-17-14-9-7-13(16-4)8-10-14/h7-10H,11-12H2,1-6H3. The van der Waals surface area contributed by atoms with Crippen LogP contribution in [0.25, 0.3) is 0 Å². The second-order valence-electron chi connectivity index (χ2n) is 6.13. The SMILES string of the molecule is COc1ccc(OCCO[Si](C)(C)C(C)(C)C)cc1. The van der Waals surface area contributed by atoms with Crippen LogP contribution in [0.5, 0.6) is 11.5 Å². The van der Waals surface area contributed by atoms with Crippen LogP contribution in [0, 0.1) is 0 Å². The quantitative estimate of drug-likeness (QED) is 0.581. The molecule has 0 aromatic heterocycles. The van der Waals surface area contributed by atoms with Gasteiger partial charge in [-0.3, -0.25) is 0 Å². The first kappa shape index (κ1) is 16.1. The molecule has 0 aliphatic rings. The van der Waals surface area contributed by atoms with Crippen LogP contribution < -0.4 is 9.47 Å². The van der Waals surface area contributed by atoms with Crippen molar-refractivity contribution in [1.29, 1.82) is 0 Å². The van der Waals surface area contributed by atoms with Crippen molar-refractivity contribution in [2.75, 3.05) is 20.3 Å². The Hall–Kier alpha value is -1.00. The molecule has 0 fully saturated rings. The van der Waals surface area contributed by atoms with Gasteiger partial charge in [-0.25, -0.2) is 0 Å². The Morgan fingerprint density at radius 2 is 1.47 bits per heavy atom. The van der Waals surface area contributed by atoms with Gasteiger partial charge >= 0.3 is 0 Å². The lowest BCUT2D eigenvalue weighted by molar-refractivity contribution is 0.203. The molecule has 0 saturated carbocycles. The average Bonchev–Trinajstić information content (AvgIpc) is 2.34. The van der Waals surface area contributed by atoms with Crippen molar-refractivity contribution in [2.24, 2.45) is 0 Å². The van der Waals surface area contributed by atoms with E-state index < -0.39 is 8.32 Å². The molecule has 0 bridgehead atoms. The molecular weight excluding hydrogens is 256 g/mol. The van der Waals surface area contributed by atoms with Crippen molar-refractivity contribution in [3.8, 4) is 11.5 Å². The molecule has 1 rings (SSSR count). The summed E-state index contributed by atoms with van der Waals surface area (Å²) in [5, 5.41) is 0.243. The Morgan fingerprint density at radius 1 is 0.947 bits per heavy atom. The molecule has 0 heterocycles. The van der Waals surface area contributed by atoms with E-state index >= 15 is 0 Å². The van der Waals surface area contributed by atoms with Gasteiger partial charge in [-0.1, -0.05) is 20.8 Å². The maximum Gasteiger partial charge on any atom is 0.192 e. The van der Waals surface area contributed by atoms with E-state index in [9.17, 15) is 0 Å². The van der Waals surface area contributed by atoms with Gasteiger partial charge in [0.05, 0.1) is 13.7 Å². The van der Waals surface area contributed by atoms with Crippen molar-refractivity contribution in [2.45, 2.75) is 38.9 Å². The number of rotatable bonds is 6. The normalized spacial score (nSPS) is 12.3. The zero-order valence-corrected chi connectivity index (χ0v) is 13.9. The fourth-order valence-electron chi connectivity index (χ4n) is 1.34. The van der Waals surface area contributed by atoms with Crippen LogP contribution in [-0.4, -0.2) is 28.6 Å². The highest BCUT2D eigenvalue weighted by atomic mass is 28.4. The van der Waals surface area contributed by atoms with Crippen LogP contribution in [0.3, 0.4) is 0 Å². The second kappa shape index (κ2) is 6.44. The molecule has 0 aliphatic carbocycles. The maximum atomic E-state index is 6.05. The topological polar surface area (TPSA) is 27.7 Å². The summed E-state index contributed by atoms with van der Waals surface area (Å²) >= 11 is 0. The fourth-order valence-corrected chi connectivity index (χ4v) is 2.37. The first-order valence-electron chi connectivity index (χ1n) is 6.67. The molecule has 0 unspecified atom stereocenters. The van der Waals surface area contributed by atoms with Crippen LogP contribution in [0.4, 0.5) is 0 Å². The fraction of sp³-hybridized carbons (Fsp3) is 0.600. The minimum absolute atomic E-state index is 0.243. The summed E-state index contributed by atoms with van der Waals surface area (Å²) in [5.41, 5.74) is 0. The minimum Gasteiger partial charge on any atom is -0.497 e. The zero-order valence-electron chi connectivity index (χ0n) is 12.9. The number of benzene rings is 1. The molecule has 1 aromatic rings. The Morgan fingerprint density at radius 3 is 1.95 bits per heavy atom. The van der Waals surface area contributed by atoms with Crippen molar-refractivity contribution < 1.29 is 13.9 Å². The third-order valence-electron chi connectivity index (χ3n) is 3.68. The Balaban J connectivity index is 2.34. The minimum atomic E-state index is -1.66. The molecule has 0 radical (unpaired) electrons. The molecule has 3 nitrogen and oxygen atoms in total. The van der Waals surface area contributed by atoms with E-state index in [-0.39, 0.29) is 5.04 Å². The van der Waals surface area contributed by atoms with E-state index in [0.29, 0.717) is 13.2 Å². The molecule has 0 N–H and O–H groups in total. The van der Waals surface area contributed by atoms with E-state index in [1.165, 1.54) is 0 Å². The van der Waals surface area contributed by atoms with Gasteiger partial charge in [0.1, 0.15) is 18.1 Å². The summed E-state index contributed by atoms with van der Waals surface area (Å²) in [4.78, 5) is 0. The zero-order chi connectivity index (χ0) is 14.5. The van der Waals surface area contributed by atoms with E-state index in [4.69, 9.17) is 13.9 Å². The smallest absolute Gasteiger partial charge is 0.192 e. The molecule has 0 atom stereocenters. The van der Waals surface area contributed by atoms with Gasteiger partial charge in [0.15, 0.2) is 8.32 Å². The highest BCUT2D eigenvalue weighted by Crippen LogP contribution is 2.36. The van der Waals surface area contributed by atoms with E-state index in [0.717, 1.165) is 11.5 Å². The Labute approximate surface area is 118 Å². The molecule has 0 amide bonds. The summed E-state index contributed by atoms with van der Waals surface area (Å²) in [6, 6.07) is 7.60. The van der Waals surface area contributed by atoms with Gasteiger partial charge in [0.2, 0.25) is 0 Å². The molecule has 0 aliphatic heterocycles. The predicted molar refractivity (Wildman–Crippen MR) is 81.6 cm³/mol. The van der Waals surface area contributed by atoms with Crippen LogP contribution in [0.15, 0.2) is 24.3 Å². The van der Waals surface area contributed by atoms with Gasteiger partial charge in [-0.2, -0.15) is 0 Å². The van der Waals surface area contributed by atoms with Crippen molar-refractivity contribution >= 4 is 8.32 Å². The molecule has 108 valence electrons. The van der Waals surface area contributed by atoms with Crippen LogP contribution in [0.1, 0.15) is 20.8 Å². The van der Waals surface area contributed by atoms with E-state index in [1.54, 1.807) is 7.11 Å². The van der Waals surface area contributed by atoms with Crippen LogP contribution in [0.2, 0.25) is 18.1 Å². The Bertz CT molecular complexity index is 379. The first-order chi connectivity index (χ1) is 8.76. The first-order valence-corrected chi connectivity index (χ1v) is 9.58. The van der Waals surface area contributed by atoms with Crippen molar-refractivity contribution in [1.82, 2.24) is 0 Å². The third-order valence-corrected chi connectivity index (χ3v) is 8.22. The summed E-state index contributed by atoms with van der Waals surface area (Å²) in [7, 11) is -0.00215. The monoisotopic (exact) mass is 282 g/mol. The summed E-state index contributed by atoms with van der Waals surface area (Å²) in [5.74, 6) is 1.68. The number of hydrogen-bond donors (Lipinski definition) is 0. The molecule has 0 saturated heterocycles. The molecule has 1 aromatic carbocycles. The third kappa shape index (κ3) is 4.88. The number of ether oxygens (including phenoxy) is 2. The van der Waals surface area contributed by atoms with Crippen molar-refractivity contribution in [3.63, 3.8) is 0 Å². The van der Waals surface area contributed by atoms with Crippen LogP contribution in [-0.2, 0) is 4.43 Å². The summed E-state index contributed by atoms with van der Waals surface area (Å²) in [6.45, 7) is 12.4. The van der Waals surface area contributed by atoms with E-state index in [1.807, 2.05) is 24.3 Å². The molecular formula is C15H26O3Si. The molecule has 4 heteroatoms. The highest BCUT2D eigenvalue weighted by molar-refractivity contribution is 6.74. The largest absolute Gasteiger partial charge is 0.497 e. The number of methoxy groups -OCH3 is 1. The van der Waals surface area contributed by atoms with Gasteiger partial charge in [-0.15, -0.1) is 0 Å². The highest BCUT2D eigenvalue weighted by Gasteiger charge is 2.36. The van der Waals surface area contributed by atoms with Crippen LogP contribution >= 0.6 is 0 Å². The van der Waals surface area contributed by atoms with Gasteiger partial charge in [0.25, 0.3) is 0 Å². The maximum absolute atomic E-state index is 6.05. The Kier molecular flexibility index (Phi) is 5.44. The number of hydrogen-bond acceptors (Lipinski definition) is 3. The van der Waals surface area contributed by atoms with Gasteiger partial charge < -0.3 is 13.9 Å². The predicted octanol–water partition coefficient (Wildman–Crippen LogP) is 4.10. The lowest BCUT2D eigenvalue weighted by atomic mass is 10.2. The summed E-state index contributed by atoms with van der Waals surface area (Å²) < 4.78 is 16.8. The second-order valence-corrected chi connectivity index (χ2v) is 10.9. The van der Waals surface area contributed by atoms with E-state index in [2.05, 4.69) is 33.9 Å². The molecule has 19 heavy (non-hydrogen) atoms. The average molecular weight is 282 g/mol. The lowest BCUT2D eigenvalue weighted by Gasteiger charge is -2.36. The summed E-state index contributed by atoms with van der Waals surface area (Å²) in [6.07, 6.45) is 0. The molecule has 0 spiro atoms. The lowest BCUT2D eigenvalue weighted by Crippen LogP contribution is -2.41. The van der Waals surface area contributed by atoms with Crippen molar-refractivity contribution in [3.05, 3.63) is 24.3 Å².